The van der Waals surface area contributed by atoms with Gasteiger partial charge in [-0.05, 0) is 31.4 Å². The van der Waals surface area contributed by atoms with Crippen molar-refractivity contribution in [2.75, 3.05) is 13.7 Å². The monoisotopic (exact) mass is 194 g/mol. The molecule has 1 aromatic carbocycles. The van der Waals surface area contributed by atoms with Crippen molar-refractivity contribution in [1.82, 2.24) is 0 Å². The highest BCUT2D eigenvalue weighted by Gasteiger charge is 2.15. The van der Waals surface area contributed by atoms with Gasteiger partial charge in [-0.3, -0.25) is 0 Å². The first-order valence-electron chi connectivity index (χ1n) is 4.85. The van der Waals surface area contributed by atoms with Crippen LogP contribution in [0.5, 0.6) is 0 Å². The van der Waals surface area contributed by atoms with Gasteiger partial charge in [-0.1, -0.05) is 24.3 Å². The largest absolute Gasteiger partial charge is 0.386 e. The Labute approximate surface area is 85.5 Å². The third-order valence-electron chi connectivity index (χ3n) is 2.23. The minimum absolute atomic E-state index is 0.718. The number of rotatable bonds is 4. The van der Waals surface area contributed by atoms with Gasteiger partial charge >= 0.3 is 0 Å². The van der Waals surface area contributed by atoms with Crippen LogP contribution in [0.4, 0.5) is 0 Å². The molecule has 0 atom stereocenters. The lowest BCUT2D eigenvalue weighted by atomic mass is 9.96. The van der Waals surface area contributed by atoms with Crippen molar-refractivity contribution in [3.8, 4) is 0 Å². The molecule has 1 N–H and O–H groups in total. The molecule has 0 aromatic heterocycles. The maximum absolute atomic E-state index is 9.81. The molecule has 0 bridgehead atoms. The van der Waals surface area contributed by atoms with E-state index in [0.29, 0.717) is 0 Å². The highest BCUT2D eigenvalue weighted by Crippen LogP contribution is 2.20. The molecule has 0 amide bonds. The van der Waals surface area contributed by atoms with Gasteiger partial charge in [-0.2, -0.15) is 0 Å². The first-order chi connectivity index (χ1) is 6.54. The maximum atomic E-state index is 9.81. The average molecular weight is 194 g/mol. The number of hydrogen-bond acceptors (Lipinski definition) is 2. The molecular weight excluding hydrogens is 176 g/mol. The average Bonchev–Trinajstić information content (AvgIpc) is 2.14. The second kappa shape index (κ2) is 4.58. The molecular formula is C12H18O2. The fourth-order valence-corrected chi connectivity index (χ4v) is 1.33. The lowest BCUT2D eigenvalue weighted by molar-refractivity contribution is 0.0785. The van der Waals surface area contributed by atoms with E-state index in [0.717, 1.165) is 18.6 Å². The summed E-state index contributed by atoms with van der Waals surface area (Å²) in [4.78, 5) is 0. The molecule has 0 heterocycles. The molecule has 0 radical (unpaired) electrons. The van der Waals surface area contributed by atoms with Crippen LogP contribution in [0, 0.1) is 0 Å². The highest BCUT2D eigenvalue weighted by atomic mass is 16.5. The topological polar surface area (TPSA) is 29.5 Å². The van der Waals surface area contributed by atoms with Crippen molar-refractivity contribution in [3.05, 3.63) is 35.4 Å². The zero-order chi connectivity index (χ0) is 10.6. The van der Waals surface area contributed by atoms with Crippen LogP contribution in [0.15, 0.2) is 24.3 Å². The van der Waals surface area contributed by atoms with Crippen molar-refractivity contribution in [2.24, 2.45) is 0 Å². The predicted octanol–water partition coefficient (Wildman–Crippen LogP) is 2.10. The lowest BCUT2D eigenvalue weighted by Gasteiger charge is -2.18. The third-order valence-corrected chi connectivity index (χ3v) is 2.23. The van der Waals surface area contributed by atoms with E-state index in [4.69, 9.17) is 4.74 Å². The quantitative estimate of drug-likeness (QED) is 0.795. The molecule has 0 fully saturated rings. The van der Waals surface area contributed by atoms with Crippen LogP contribution >= 0.6 is 0 Å². The van der Waals surface area contributed by atoms with Gasteiger partial charge in [0.15, 0.2) is 0 Å². The van der Waals surface area contributed by atoms with Crippen molar-refractivity contribution in [1.29, 1.82) is 0 Å². The predicted molar refractivity (Wildman–Crippen MR) is 57.3 cm³/mol. The minimum Gasteiger partial charge on any atom is -0.386 e. The highest BCUT2D eigenvalue weighted by molar-refractivity contribution is 5.27. The Balaban J connectivity index is 2.79. The smallest absolute Gasteiger partial charge is 0.0840 e. The first kappa shape index (κ1) is 11.2. The standard InChI is InChI=1S/C12H18O2/c1-12(2,13)11-6-4-5-10(9-11)7-8-14-3/h4-6,9,13H,7-8H2,1-3H3. The lowest BCUT2D eigenvalue weighted by Crippen LogP contribution is -2.15. The summed E-state index contributed by atoms with van der Waals surface area (Å²) in [6, 6.07) is 7.99. The van der Waals surface area contributed by atoms with Crippen LogP contribution in [-0.2, 0) is 16.8 Å². The van der Waals surface area contributed by atoms with Crippen molar-refractivity contribution in [3.63, 3.8) is 0 Å². The van der Waals surface area contributed by atoms with E-state index in [2.05, 4.69) is 0 Å². The van der Waals surface area contributed by atoms with Crippen molar-refractivity contribution >= 4 is 0 Å². The van der Waals surface area contributed by atoms with Gasteiger partial charge in [-0.25, -0.2) is 0 Å². The van der Waals surface area contributed by atoms with Crippen molar-refractivity contribution < 1.29 is 9.84 Å². The first-order valence-corrected chi connectivity index (χ1v) is 4.85. The van der Waals surface area contributed by atoms with E-state index >= 15 is 0 Å². The summed E-state index contributed by atoms with van der Waals surface area (Å²) in [6.45, 7) is 4.31. The summed E-state index contributed by atoms with van der Waals surface area (Å²) in [5.74, 6) is 0. The zero-order valence-electron chi connectivity index (χ0n) is 9.08. The Morgan fingerprint density at radius 3 is 2.64 bits per heavy atom. The normalized spacial score (nSPS) is 11.7. The van der Waals surface area contributed by atoms with Gasteiger partial charge in [0.05, 0.1) is 12.2 Å². The van der Waals surface area contributed by atoms with Gasteiger partial charge in [0.2, 0.25) is 0 Å². The van der Waals surface area contributed by atoms with E-state index in [9.17, 15) is 5.11 Å². The van der Waals surface area contributed by atoms with E-state index in [-0.39, 0.29) is 0 Å². The Bertz CT molecular complexity index is 287. The summed E-state index contributed by atoms with van der Waals surface area (Å²) in [5.41, 5.74) is 1.39. The number of hydrogen-bond donors (Lipinski definition) is 1. The maximum Gasteiger partial charge on any atom is 0.0840 e. The van der Waals surface area contributed by atoms with Crippen molar-refractivity contribution in [2.45, 2.75) is 25.9 Å². The Kier molecular flexibility index (Phi) is 3.67. The van der Waals surface area contributed by atoms with Crippen LogP contribution in [0.3, 0.4) is 0 Å². The second-order valence-corrected chi connectivity index (χ2v) is 4.00. The Hall–Kier alpha value is -0.860. The third kappa shape index (κ3) is 3.13. The summed E-state index contributed by atoms with van der Waals surface area (Å²) in [6.07, 6.45) is 0.889. The number of benzene rings is 1. The molecule has 0 aliphatic rings. The van der Waals surface area contributed by atoms with Gasteiger partial charge in [0.25, 0.3) is 0 Å². The molecule has 1 rings (SSSR count). The SMILES string of the molecule is COCCc1cccc(C(C)(C)O)c1. The van der Waals surface area contributed by atoms with Gasteiger partial charge in [0, 0.05) is 7.11 Å². The van der Waals surface area contributed by atoms with E-state index in [1.54, 1.807) is 21.0 Å². The van der Waals surface area contributed by atoms with Crippen LogP contribution in [0.1, 0.15) is 25.0 Å². The number of aliphatic hydroxyl groups is 1. The second-order valence-electron chi connectivity index (χ2n) is 4.00. The molecule has 0 saturated carbocycles. The van der Waals surface area contributed by atoms with Crippen LogP contribution in [0.25, 0.3) is 0 Å². The fraction of sp³-hybridized carbons (Fsp3) is 0.500. The molecule has 0 unspecified atom stereocenters. The van der Waals surface area contributed by atoms with Gasteiger partial charge < -0.3 is 9.84 Å². The van der Waals surface area contributed by atoms with E-state index < -0.39 is 5.60 Å². The molecule has 78 valence electrons. The molecule has 0 saturated heterocycles. The number of methoxy groups -OCH3 is 1. The number of ether oxygens (including phenoxy) is 1. The summed E-state index contributed by atoms with van der Waals surface area (Å²) < 4.78 is 5.01. The Morgan fingerprint density at radius 1 is 1.36 bits per heavy atom. The van der Waals surface area contributed by atoms with E-state index in [1.807, 2.05) is 24.3 Å². The van der Waals surface area contributed by atoms with E-state index in [1.165, 1.54) is 5.56 Å². The molecule has 2 heteroatoms. The summed E-state index contributed by atoms with van der Waals surface area (Å²) in [7, 11) is 1.69. The van der Waals surface area contributed by atoms with Crippen LogP contribution in [0.2, 0.25) is 0 Å². The summed E-state index contributed by atoms with van der Waals surface area (Å²) in [5, 5.41) is 9.81. The molecule has 0 aliphatic heterocycles. The molecule has 0 spiro atoms. The van der Waals surface area contributed by atoms with Crippen LogP contribution in [-0.4, -0.2) is 18.8 Å². The van der Waals surface area contributed by atoms with Gasteiger partial charge in [-0.15, -0.1) is 0 Å². The molecule has 2 nitrogen and oxygen atoms in total. The Morgan fingerprint density at radius 2 is 2.07 bits per heavy atom. The molecule has 14 heavy (non-hydrogen) atoms. The molecule has 0 aliphatic carbocycles. The van der Waals surface area contributed by atoms with Gasteiger partial charge in [0.1, 0.15) is 0 Å². The zero-order valence-corrected chi connectivity index (χ0v) is 9.08. The van der Waals surface area contributed by atoms with Crippen LogP contribution < -0.4 is 0 Å². The summed E-state index contributed by atoms with van der Waals surface area (Å²) >= 11 is 0. The minimum atomic E-state index is -0.761. The fourth-order valence-electron chi connectivity index (χ4n) is 1.33. The molecule has 1 aromatic rings.